The third kappa shape index (κ3) is 4.68. The number of rotatable bonds is 6. The van der Waals surface area contributed by atoms with Gasteiger partial charge in [-0.2, -0.15) is 0 Å². The van der Waals surface area contributed by atoms with Gasteiger partial charge in [-0.05, 0) is 12.5 Å². The first-order valence-corrected chi connectivity index (χ1v) is 7.75. The lowest BCUT2D eigenvalue weighted by Crippen LogP contribution is -2.09. The van der Waals surface area contributed by atoms with Gasteiger partial charge >= 0.3 is 0 Å². The normalized spacial score (nSPS) is 12.2. The molecule has 0 fully saturated rings. The summed E-state index contributed by atoms with van der Waals surface area (Å²) in [5, 5.41) is 12.7. The summed E-state index contributed by atoms with van der Waals surface area (Å²) in [6, 6.07) is 0. The molecule has 0 aliphatic carbocycles. The molecule has 2 aromatic heterocycles. The highest BCUT2D eigenvalue weighted by Crippen LogP contribution is 2.24. The van der Waals surface area contributed by atoms with Gasteiger partial charge in [0, 0.05) is 35.7 Å². The quantitative estimate of drug-likeness (QED) is 0.800. The molecule has 21 heavy (non-hydrogen) atoms. The van der Waals surface area contributed by atoms with E-state index in [1.807, 2.05) is 12.2 Å². The Balaban J connectivity index is 1.96. The molecule has 0 spiro atoms. The van der Waals surface area contributed by atoms with E-state index < -0.39 is 0 Å². The van der Waals surface area contributed by atoms with Gasteiger partial charge in [-0.3, -0.25) is 0 Å². The van der Waals surface area contributed by atoms with E-state index in [2.05, 4.69) is 36.1 Å². The van der Waals surface area contributed by atoms with E-state index in [1.165, 1.54) is 0 Å². The Morgan fingerprint density at radius 3 is 2.76 bits per heavy atom. The Labute approximate surface area is 128 Å². The number of oxazole rings is 1. The zero-order valence-corrected chi connectivity index (χ0v) is 13.4. The van der Waals surface area contributed by atoms with Crippen LogP contribution in [0.5, 0.6) is 0 Å². The van der Waals surface area contributed by atoms with Crippen LogP contribution in [0.15, 0.2) is 16.8 Å². The van der Waals surface area contributed by atoms with Crippen LogP contribution in [0.4, 0.5) is 5.13 Å². The van der Waals surface area contributed by atoms with E-state index in [9.17, 15) is 0 Å². The fraction of sp³-hybridized carbons (Fsp3) is 0.467. The summed E-state index contributed by atoms with van der Waals surface area (Å²) in [5.41, 5.74) is -0.0344. The first-order valence-electron chi connectivity index (χ1n) is 6.94. The van der Waals surface area contributed by atoms with Gasteiger partial charge in [-0.1, -0.05) is 32.1 Å². The van der Waals surface area contributed by atoms with E-state index in [0.717, 1.165) is 28.7 Å². The average Bonchev–Trinajstić information content (AvgIpc) is 3.05. The number of thiazole rings is 1. The topological polar surface area (TPSA) is 71.2 Å². The Bertz CT molecular complexity index is 596. The molecule has 0 amide bonds. The van der Waals surface area contributed by atoms with Crippen LogP contribution in [0.1, 0.15) is 43.7 Å². The van der Waals surface area contributed by atoms with Gasteiger partial charge in [0.05, 0.1) is 6.20 Å². The third-order valence-corrected chi connectivity index (χ3v) is 3.71. The molecule has 0 aromatic carbocycles. The largest absolute Gasteiger partial charge is 0.441 e. The molecule has 2 aromatic rings. The molecular formula is C15H21N3O2S. The van der Waals surface area contributed by atoms with Crippen LogP contribution < -0.4 is 5.32 Å². The maximum Gasteiger partial charge on any atom is 0.218 e. The lowest BCUT2D eigenvalue weighted by Gasteiger charge is -2.12. The molecule has 0 saturated heterocycles. The van der Waals surface area contributed by atoms with Crippen molar-refractivity contribution >= 4 is 28.6 Å². The summed E-state index contributed by atoms with van der Waals surface area (Å²) in [5.74, 6) is 1.47. The number of hydrogen-bond donors (Lipinski definition) is 2. The van der Waals surface area contributed by atoms with E-state index in [4.69, 9.17) is 9.52 Å². The van der Waals surface area contributed by atoms with Crippen LogP contribution in [0, 0.1) is 0 Å². The minimum Gasteiger partial charge on any atom is -0.441 e. The fourth-order valence-electron chi connectivity index (χ4n) is 1.58. The van der Waals surface area contributed by atoms with Gasteiger partial charge in [-0.15, -0.1) is 0 Å². The predicted octanol–water partition coefficient (Wildman–Crippen LogP) is 3.39. The molecule has 0 bridgehead atoms. The van der Waals surface area contributed by atoms with Crippen LogP contribution in [0.2, 0.25) is 0 Å². The monoisotopic (exact) mass is 307 g/mol. The summed E-state index contributed by atoms with van der Waals surface area (Å²) < 4.78 is 5.70. The molecular weight excluding hydrogens is 286 g/mol. The van der Waals surface area contributed by atoms with Crippen molar-refractivity contribution in [2.24, 2.45) is 0 Å². The van der Waals surface area contributed by atoms with Gasteiger partial charge in [0.1, 0.15) is 5.76 Å². The van der Waals surface area contributed by atoms with Crippen molar-refractivity contribution in [2.45, 2.75) is 32.6 Å². The van der Waals surface area contributed by atoms with Crippen molar-refractivity contribution in [3.63, 3.8) is 0 Å². The standard InChI is InChI=1S/C15H21N3O2S/c1-15(2,3)12-10-17-13(20-12)6-5-11-9-18-14(21-11)16-7-4-8-19/h5-6,9-10,19H,4,7-8H2,1-3H3,(H,16,18). The summed E-state index contributed by atoms with van der Waals surface area (Å²) in [6.45, 7) is 7.19. The number of aromatic nitrogens is 2. The van der Waals surface area contributed by atoms with Crippen molar-refractivity contribution in [3.8, 4) is 0 Å². The molecule has 0 aliphatic heterocycles. The van der Waals surface area contributed by atoms with Crippen LogP contribution in [-0.2, 0) is 5.41 Å². The highest BCUT2D eigenvalue weighted by atomic mass is 32.1. The molecule has 6 heteroatoms. The smallest absolute Gasteiger partial charge is 0.218 e. The second-order valence-electron chi connectivity index (χ2n) is 5.72. The Morgan fingerprint density at radius 2 is 2.10 bits per heavy atom. The number of anilines is 1. The Kier molecular flexibility index (Phi) is 5.14. The highest BCUT2D eigenvalue weighted by Gasteiger charge is 2.18. The van der Waals surface area contributed by atoms with Crippen molar-refractivity contribution in [2.75, 3.05) is 18.5 Å². The third-order valence-electron chi connectivity index (χ3n) is 2.79. The molecule has 114 valence electrons. The summed E-state index contributed by atoms with van der Waals surface area (Å²) in [6.07, 6.45) is 8.08. The lowest BCUT2D eigenvalue weighted by atomic mass is 9.94. The van der Waals surface area contributed by atoms with Gasteiger partial charge in [0.25, 0.3) is 0 Å². The summed E-state index contributed by atoms with van der Waals surface area (Å²) >= 11 is 1.55. The molecule has 2 heterocycles. The minimum absolute atomic E-state index is 0.0344. The molecule has 0 atom stereocenters. The number of aliphatic hydroxyl groups is 1. The van der Waals surface area contributed by atoms with Gasteiger partial charge in [0.2, 0.25) is 5.89 Å². The zero-order valence-electron chi connectivity index (χ0n) is 12.6. The number of nitrogens with one attached hydrogen (secondary N) is 1. The highest BCUT2D eigenvalue weighted by molar-refractivity contribution is 7.16. The number of nitrogens with zero attached hydrogens (tertiary/aromatic N) is 2. The summed E-state index contributed by atoms with van der Waals surface area (Å²) in [7, 11) is 0. The van der Waals surface area contributed by atoms with Gasteiger partial charge in [0.15, 0.2) is 5.13 Å². The molecule has 0 unspecified atom stereocenters. The fourth-order valence-corrected chi connectivity index (χ4v) is 2.33. The van der Waals surface area contributed by atoms with Crippen LogP contribution in [-0.4, -0.2) is 28.2 Å². The van der Waals surface area contributed by atoms with Crippen molar-refractivity contribution in [1.82, 2.24) is 9.97 Å². The van der Waals surface area contributed by atoms with E-state index >= 15 is 0 Å². The van der Waals surface area contributed by atoms with Crippen molar-refractivity contribution in [3.05, 3.63) is 28.9 Å². The predicted molar refractivity (Wildman–Crippen MR) is 86.4 cm³/mol. The lowest BCUT2D eigenvalue weighted by molar-refractivity contribution is 0.292. The average molecular weight is 307 g/mol. The molecule has 2 N–H and O–H groups in total. The number of hydrogen-bond acceptors (Lipinski definition) is 6. The first-order chi connectivity index (χ1) is 9.99. The second kappa shape index (κ2) is 6.87. The molecule has 5 nitrogen and oxygen atoms in total. The maximum atomic E-state index is 8.73. The van der Waals surface area contributed by atoms with E-state index in [-0.39, 0.29) is 12.0 Å². The second-order valence-corrected chi connectivity index (χ2v) is 6.78. The zero-order chi connectivity index (χ0) is 15.3. The van der Waals surface area contributed by atoms with Crippen molar-refractivity contribution < 1.29 is 9.52 Å². The Morgan fingerprint density at radius 1 is 1.29 bits per heavy atom. The molecule has 0 saturated carbocycles. The molecule has 2 rings (SSSR count). The maximum absolute atomic E-state index is 8.73. The van der Waals surface area contributed by atoms with Gasteiger partial charge < -0.3 is 14.8 Å². The van der Waals surface area contributed by atoms with Crippen LogP contribution in [0.25, 0.3) is 12.2 Å². The van der Waals surface area contributed by atoms with Crippen LogP contribution in [0.3, 0.4) is 0 Å². The molecule has 0 radical (unpaired) electrons. The SMILES string of the molecule is CC(C)(C)c1cnc(C=Cc2cnc(NCCCO)s2)o1. The van der Waals surface area contributed by atoms with E-state index in [1.54, 1.807) is 23.7 Å². The van der Waals surface area contributed by atoms with Gasteiger partial charge in [-0.25, -0.2) is 9.97 Å². The first kappa shape index (κ1) is 15.7. The molecule has 0 aliphatic rings. The number of aliphatic hydroxyl groups excluding tert-OH is 1. The Hall–Kier alpha value is -1.66. The summed E-state index contributed by atoms with van der Waals surface area (Å²) in [4.78, 5) is 9.55. The van der Waals surface area contributed by atoms with Crippen LogP contribution >= 0.6 is 11.3 Å². The van der Waals surface area contributed by atoms with E-state index in [0.29, 0.717) is 5.89 Å². The minimum atomic E-state index is -0.0344. The van der Waals surface area contributed by atoms with Crippen molar-refractivity contribution in [1.29, 1.82) is 0 Å².